The first kappa shape index (κ1) is 27.7. The first-order valence-electron chi connectivity index (χ1n) is 11.0. The zero-order valence-corrected chi connectivity index (χ0v) is 20.2. The first-order chi connectivity index (χ1) is 16.9. The summed E-state index contributed by atoms with van der Waals surface area (Å²) in [5, 5.41) is 19.1. The average molecular weight is 502 g/mol. The summed E-state index contributed by atoms with van der Waals surface area (Å²) >= 11 is 1.21. The largest absolute Gasteiger partial charge is 0.478 e. The molecule has 3 aromatic rings. The van der Waals surface area contributed by atoms with Crippen molar-refractivity contribution in [3.8, 4) is 0 Å². The molecule has 0 aliphatic carbocycles. The lowest BCUT2D eigenvalue weighted by atomic mass is 10.2. The number of hydrogen-bond acceptors (Lipinski definition) is 6. The summed E-state index contributed by atoms with van der Waals surface area (Å²) in [6.07, 6.45) is 0.390. The number of carbonyl (C=O) groups is 2. The summed E-state index contributed by atoms with van der Waals surface area (Å²) < 4.78 is 15.2. The molecule has 2 heterocycles. The molecule has 0 bridgehead atoms. The number of aromatic carboxylic acids is 1. The molecule has 1 fully saturated rings. The Morgan fingerprint density at radius 3 is 2.09 bits per heavy atom. The minimum Gasteiger partial charge on any atom is -0.478 e. The van der Waals surface area contributed by atoms with Crippen LogP contribution < -0.4 is 11.0 Å². The van der Waals surface area contributed by atoms with Gasteiger partial charge in [-0.25, -0.2) is 14.0 Å². The van der Waals surface area contributed by atoms with E-state index in [2.05, 4.69) is 10.3 Å². The first-order valence-corrected chi connectivity index (χ1v) is 12.0. The summed E-state index contributed by atoms with van der Waals surface area (Å²) in [6, 6.07) is 18.3. The maximum atomic E-state index is 14.0. The van der Waals surface area contributed by atoms with E-state index >= 15 is 0 Å². The van der Waals surface area contributed by atoms with E-state index in [1.807, 2.05) is 13.8 Å². The molecule has 0 spiro atoms. The molecule has 1 aromatic heterocycles. The number of halogens is 1. The monoisotopic (exact) mass is 501 g/mol. The number of thioether (sulfide) groups is 1. The molecule has 8 nitrogen and oxygen atoms in total. The van der Waals surface area contributed by atoms with E-state index in [0.717, 1.165) is 0 Å². The molecular weight excluding hydrogens is 473 g/mol. The number of carbonyl (C=O) groups excluding carboxylic acids is 1. The quantitative estimate of drug-likeness (QED) is 0.478. The molecule has 1 saturated heterocycles. The van der Waals surface area contributed by atoms with Gasteiger partial charge >= 0.3 is 11.7 Å². The van der Waals surface area contributed by atoms with Crippen LogP contribution in [0.4, 0.5) is 10.2 Å². The molecule has 1 aliphatic rings. The third-order valence-electron chi connectivity index (χ3n) is 4.74. The fourth-order valence-electron chi connectivity index (χ4n) is 3.10. The Balaban J connectivity index is 0.000000329. The molecule has 0 saturated carbocycles. The van der Waals surface area contributed by atoms with Crippen molar-refractivity contribution < 1.29 is 24.2 Å². The Bertz CT molecular complexity index is 1140. The van der Waals surface area contributed by atoms with E-state index < -0.39 is 23.2 Å². The highest BCUT2D eigenvalue weighted by molar-refractivity contribution is 8.00. The number of aromatic nitrogens is 2. The molecule has 186 valence electrons. The summed E-state index contributed by atoms with van der Waals surface area (Å²) in [5.74, 6) is -1.14. The van der Waals surface area contributed by atoms with Crippen LogP contribution in [0.15, 0.2) is 77.7 Å². The third kappa shape index (κ3) is 8.04. The maximum absolute atomic E-state index is 14.0. The fraction of sp³-hybridized carbons (Fsp3) is 0.280. The van der Waals surface area contributed by atoms with Crippen LogP contribution >= 0.6 is 11.8 Å². The van der Waals surface area contributed by atoms with Gasteiger partial charge in [-0.2, -0.15) is 4.98 Å². The van der Waals surface area contributed by atoms with E-state index in [1.54, 1.807) is 60.7 Å². The van der Waals surface area contributed by atoms with Crippen molar-refractivity contribution in [3.05, 3.63) is 94.5 Å². The van der Waals surface area contributed by atoms with Gasteiger partial charge in [-0.05, 0) is 36.8 Å². The minimum absolute atomic E-state index is 0.113. The molecule has 3 atom stereocenters. The van der Waals surface area contributed by atoms with Crippen molar-refractivity contribution in [2.45, 2.75) is 37.1 Å². The zero-order chi connectivity index (χ0) is 25.8. The van der Waals surface area contributed by atoms with Crippen LogP contribution in [0.5, 0.6) is 0 Å². The minimum atomic E-state index is -1.23. The lowest BCUT2D eigenvalue weighted by molar-refractivity contribution is 0.0696. The van der Waals surface area contributed by atoms with Crippen LogP contribution in [-0.2, 0) is 0 Å². The van der Waals surface area contributed by atoms with Crippen molar-refractivity contribution in [2.24, 2.45) is 0 Å². The number of amides is 1. The van der Waals surface area contributed by atoms with E-state index in [1.165, 1.54) is 28.6 Å². The lowest BCUT2D eigenvalue weighted by Crippen LogP contribution is -2.29. The van der Waals surface area contributed by atoms with Crippen LogP contribution in [0.1, 0.15) is 46.4 Å². The number of aliphatic hydroxyl groups is 1. The topological polar surface area (TPSA) is 122 Å². The molecule has 3 N–H and O–H groups in total. The Morgan fingerprint density at radius 2 is 1.63 bits per heavy atom. The van der Waals surface area contributed by atoms with Crippen molar-refractivity contribution in [1.82, 2.24) is 9.55 Å². The summed E-state index contributed by atoms with van der Waals surface area (Å²) in [6.45, 7) is 3.87. The van der Waals surface area contributed by atoms with E-state index in [0.29, 0.717) is 11.1 Å². The number of carboxylic acid groups (broad SMARTS) is 1. The SMILES string of the molecule is CC.O=C(Nc1ccn(C2SC(CO)CC2F)c(=O)n1)c1ccccc1.O=C(O)c1ccccc1. The number of nitrogens with zero attached hydrogens (tertiary/aromatic N) is 2. The van der Waals surface area contributed by atoms with Gasteiger partial charge in [-0.15, -0.1) is 11.8 Å². The van der Waals surface area contributed by atoms with E-state index in [9.17, 15) is 18.8 Å². The molecule has 0 radical (unpaired) electrons. The third-order valence-corrected chi connectivity index (χ3v) is 6.26. The van der Waals surface area contributed by atoms with Crippen LogP contribution in [0.2, 0.25) is 0 Å². The summed E-state index contributed by atoms with van der Waals surface area (Å²) in [5.41, 5.74) is 0.140. The van der Waals surface area contributed by atoms with Gasteiger partial charge in [0.15, 0.2) is 0 Å². The fourth-order valence-corrected chi connectivity index (χ4v) is 4.45. The number of rotatable bonds is 5. The molecule has 3 unspecified atom stereocenters. The molecule has 10 heteroatoms. The standard InChI is InChI=1S/C16H16FN3O3S.C7H6O2.C2H6/c17-12-8-11(9-21)24-15(12)20-7-6-13(19-16(20)23)18-14(22)10-4-2-1-3-5-10;8-7(9)6-4-2-1-3-5-6;1-2/h1-7,11-12,15,21H,8-9H2,(H,18,19,22,23);1-5H,(H,8,9);1-2H3. The van der Waals surface area contributed by atoms with Crippen molar-refractivity contribution in [3.63, 3.8) is 0 Å². The highest BCUT2D eigenvalue weighted by atomic mass is 32.2. The normalized spacial score (nSPS) is 18.3. The molecule has 4 rings (SSSR count). The van der Waals surface area contributed by atoms with Gasteiger partial charge in [0.1, 0.15) is 17.4 Å². The van der Waals surface area contributed by atoms with Gasteiger partial charge in [0.05, 0.1) is 12.2 Å². The van der Waals surface area contributed by atoms with Crippen molar-refractivity contribution in [2.75, 3.05) is 11.9 Å². The number of benzene rings is 2. The van der Waals surface area contributed by atoms with Gasteiger partial charge < -0.3 is 15.5 Å². The number of carboxylic acids is 1. The second-order valence-electron chi connectivity index (χ2n) is 7.08. The molecule has 2 aromatic carbocycles. The van der Waals surface area contributed by atoms with E-state index in [-0.39, 0.29) is 30.0 Å². The number of anilines is 1. The van der Waals surface area contributed by atoms with E-state index in [4.69, 9.17) is 10.2 Å². The van der Waals surface area contributed by atoms with Crippen LogP contribution in [-0.4, -0.2) is 49.7 Å². The van der Waals surface area contributed by atoms with Gasteiger partial charge in [0, 0.05) is 17.0 Å². The highest BCUT2D eigenvalue weighted by Crippen LogP contribution is 2.42. The highest BCUT2D eigenvalue weighted by Gasteiger charge is 2.36. The number of alkyl halides is 1. The van der Waals surface area contributed by atoms with Gasteiger partial charge in [-0.1, -0.05) is 50.2 Å². The van der Waals surface area contributed by atoms with Gasteiger partial charge in [0.25, 0.3) is 5.91 Å². The maximum Gasteiger partial charge on any atom is 0.350 e. The Morgan fingerprint density at radius 1 is 1.06 bits per heavy atom. The predicted molar refractivity (Wildman–Crippen MR) is 135 cm³/mol. The van der Waals surface area contributed by atoms with Gasteiger partial charge in [0.2, 0.25) is 0 Å². The smallest absolute Gasteiger partial charge is 0.350 e. The Labute approximate surface area is 206 Å². The Hall–Kier alpha value is -3.50. The lowest BCUT2D eigenvalue weighted by Gasteiger charge is -2.15. The number of hydrogen-bond donors (Lipinski definition) is 3. The van der Waals surface area contributed by atoms with Crippen LogP contribution in [0.25, 0.3) is 0 Å². The molecule has 1 aliphatic heterocycles. The number of nitrogens with one attached hydrogen (secondary N) is 1. The zero-order valence-electron chi connectivity index (χ0n) is 19.4. The molecule has 35 heavy (non-hydrogen) atoms. The number of aliphatic hydroxyl groups excluding tert-OH is 1. The molecule has 1 amide bonds. The second-order valence-corrected chi connectivity index (χ2v) is 8.50. The van der Waals surface area contributed by atoms with Crippen LogP contribution in [0, 0.1) is 0 Å². The Kier molecular flexibility index (Phi) is 11.1. The van der Waals surface area contributed by atoms with Crippen molar-refractivity contribution in [1.29, 1.82) is 0 Å². The predicted octanol–water partition coefficient (Wildman–Crippen LogP) is 4.24. The van der Waals surface area contributed by atoms with Gasteiger partial charge in [-0.3, -0.25) is 9.36 Å². The van der Waals surface area contributed by atoms with Crippen LogP contribution in [0.3, 0.4) is 0 Å². The molecular formula is C25H28FN3O5S. The second kappa shape index (κ2) is 14.0. The van der Waals surface area contributed by atoms with Crippen molar-refractivity contribution >= 4 is 29.5 Å². The summed E-state index contributed by atoms with van der Waals surface area (Å²) in [7, 11) is 0. The summed E-state index contributed by atoms with van der Waals surface area (Å²) in [4.78, 5) is 38.2. The average Bonchev–Trinajstić information content (AvgIpc) is 3.27.